The molecule has 0 radical (unpaired) electrons. The van der Waals surface area contributed by atoms with Gasteiger partial charge in [0, 0.05) is 10.6 Å². The van der Waals surface area contributed by atoms with E-state index in [-0.39, 0.29) is 10.6 Å². The summed E-state index contributed by atoms with van der Waals surface area (Å²) >= 11 is 5.79. The summed E-state index contributed by atoms with van der Waals surface area (Å²) in [6.07, 6.45) is 5.07. The number of aliphatic hydroxyl groups excluding tert-OH is 1. The van der Waals surface area contributed by atoms with Crippen LogP contribution in [0, 0.1) is 11.6 Å². The van der Waals surface area contributed by atoms with E-state index in [2.05, 4.69) is 6.92 Å². The summed E-state index contributed by atoms with van der Waals surface area (Å²) < 4.78 is 25.9. The molecule has 18 heavy (non-hydrogen) atoms. The Hall–Kier alpha value is -0.670. The highest BCUT2D eigenvalue weighted by Gasteiger charge is 2.15. The molecule has 0 aliphatic heterocycles. The van der Waals surface area contributed by atoms with E-state index in [0.717, 1.165) is 37.8 Å². The highest BCUT2D eigenvalue weighted by Crippen LogP contribution is 2.28. The van der Waals surface area contributed by atoms with Crippen LogP contribution in [0.5, 0.6) is 0 Å². The molecule has 102 valence electrons. The SMILES string of the molecule is CCCCCCCC(O)c1cc(F)c(F)cc1Cl. The van der Waals surface area contributed by atoms with Crippen LogP contribution in [0.15, 0.2) is 12.1 Å². The van der Waals surface area contributed by atoms with Gasteiger partial charge < -0.3 is 5.11 Å². The third-order valence-corrected chi connectivity index (χ3v) is 3.31. The zero-order valence-corrected chi connectivity index (χ0v) is 11.3. The van der Waals surface area contributed by atoms with Gasteiger partial charge in [0.05, 0.1) is 6.10 Å². The molecule has 0 bridgehead atoms. The van der Waals surface area contributed by atoms with Crippen LogP contribution >= 0.6 is 11.6 Å². The van der Waals surface area contributed by atoms with Crippen molar-refractivity contribution >= 4 is 11.6 Å². The lowest BCUT2D eigenvalue weighted by Crippen LogP contribution is -2.00. The maximum absolute atomic E-state index is 13.1. The van der Waals surface area contributed by atoms with Crippen molar-refractivity contribution in [2.45, 2.75) is 51.6 Å². The summed E-state index contributed by atoms with van der Waals surface area (Å²) in [7, 11) is 0. The van der Waals surface area contributed by atoms with Gasteiger partial charge in [-0.25, -0.2) is 8.78 Å². The summed E-state index contributed by atoms with van der Waals surface area (Å²) in [5.74, 6) is -1.96. The molecule has 1 atom stereocenters. The van der Waals surface area contributed by atoms with Gasteiger partial charge in [-0.2, -0.15) is 0 Å². The first kappa shape index (κ1) is 15.4. The molecule has 1 nitrogen and oxygen atoms in total. The normalized spacial score (nSPS) is 12.7. The second-order valence-electron chi connectivity index (χ2n) is 4.51. The molecule has 1 N–H and O–H groups in total. The van der Waals surface area contributed by atoms with Crippen molar-refractivity contribution in [1.82, 2.24) is 0 Å². The van der Waals surface area contributed by atoms with Gasteiger partial charge in [-0.3, -0.25) is 0 Å². The number of aliphatic hydroxyl groups is 1. The van der Waals surface area contributed by atoms with E-state index >= 15 is 0 Å². The van der Waals surface area contributed by atoms with Gasteiger partial charge in [0.25, 0.3) is 0 Å². The lowest BCUT2D eigenvalue weighted by Gasteiger charge is -2.13. The van der Waals surface area contributed by atoms with Crippen LogP contribution in [0.3, 0.4) is 0 Å². The van der Waals surface area contributed by atoms with Crippen LogP contribution in [0.2, 0.25) is 5.02 Å². The average Bonchev–Trinajstić information content (AvgIpc) is 2.33. The first-order valence-corrected chi connectivity index (χ1v) is 6.76. The maximum atomic E-state index is 13.1. The zero-order valence-electron chi connectivity index (χ0n) is 10.6. The maximum Gasteiger partial charge on any atom is 0.160 e. The van der Waals surface area contributed by atoms with Crippen molar-refractivity contribution < 1.29 is 13.9 Å². The van der Waals surface area contributed by atoms with E-state index in [9.17, 15) is 13.9 Å². The second-order valence-corrected chi connectivity index (χ2v) is 4.91. The first-order valence-electron chi connectivity index (χ1n) is 6.38. The molecule has 1 aromatic rings. The topological polar surface area (TPSA) is 20.2 Å². The minimum Gasteiger partial charge on any atom is -0.388 e. The second kappa shape index (κ2) is 7.70. The molecule has 1 unspecified atom stereocenters. The lowest BCUT2D eigenvalue weighted by molar-refractivity contribution is 0.163. The molecule has 0 spiro atoms. The molecule has 0 saturated carbocycles. The van der Waals surface area contributed by atoms with Crippen molar-refractivity contribution in [3.63, 3.8) is 0 Å². The largest absolute Gasteiger partial charge is 0.388 e. The Kier molecular flexibility index (Phi) is 6.58. The first-order chi connectivity index (χ1) is 8.56. The minimum atomic E-state index is -0.987. The van der Waals surface area contributed by atoms with Crippen LogP contribution in [-0.4, -0.2) is 5.11 Å². The summed E-state index contributed by atoms with van der Waals surface area (Å²) in [5, 5.41) is 9.98. The van der Waals surface area contributed by atoms with Crippen molar-refractivity contribution in [1.29, 1.82) is 0 Å². The number of benzene rings is 1. The van der Waals surface area contributed by atoms with Crippen molar-refractivity contribution in [2.75, 3.05) is 0 Å². The summed E-state index contributed by atoms with van der Waals surface area (Å²) in [4.78, 5) is 0. The molecule has 0 aliphatic rings. The quantitative estimate of drug-likeness (QED) is 0.548. The molecule has 1 rings (SSSR count). The molecule has 0 heterocycles. The van der Waals surface area contributed by atoms with Crippen LogP contribution in [0.1, 0.15) is 57.1 Å². The molecule has 4 heteroatoms. The van der Waals surface area contributed by atoms with Gasteiger partial charge in [0.1, 0.15) is 0 Å². The Morgan fingerprint density at radius 3 is 2.39 bits per heavy atom. The molecular weight excluding hydrogens is 258 g/mol. The number of hydrogen-bond donors (Lipinski definition) is 1. The van der Waals surface area contributed by atoms with Crippen LogP contribution in [0.25, 0.3) is 0 Å². The van der Waals surface area contributed by atoms with Gasteiger partial charge >= 0.3 is 0 Å². The van der Waals surface area contributed by atoms with E-state index in [1.54, 1.807) is 0 Å². The predicted molar refractivity (Wildman–Crippen MR) is 69.7 cm³/mol. The van der Waals surface area contributed by atoms with Crippen molar-refractivity contribution in [2.24, 2.45) is 0 Å². The fourth-order valence-electron chi connectivity index (χ4n) is 1.89. The Balaban J connectivity index is 2.51. The number of unbranched alkanes of at least 4 members (excludes halogenated alkanes) is 4. The van der Waals surface area contributed by atoms with Crippen LogP contribution in [0.4, 0.5) is 8.78 Å². The molecule has 0 saturated heterocycles. The summed E-state index contributed by atoms with van der Waals surface area (Å²) in [6, 6.07) is 1.89. The van der Waals surface area contributed by atoms with Gasteiger partial charge in [-0.05, 0) is 18.6 Å². The molecule has 0 amide bonds. The van der Waals surface area contributed by atoms with Gasteiger partial charge in [0.2, 0.25) is 0 Å². The lowest BCUT2D eigenvalue weighted by atomic mass is 10.0. The van der Waals surface area contributed by atoms with Crippen LogP contribution in [-0.2, 0) is 0 Å². The van der Waals surface area contributed by atoms with Gasteiger partial charge in [-0.15, -0.1) is 0 Å². The van der Waals surface area contributed by atoms with Crippen molar-refractivity contribution in [3.8, 4) is 0 Å². The van der Waals surface area contributed by atoms with Gasteiger partial charge in [0.15, 0.2) is 11.6 Å². The number of hydrogen-bond acceptors (Lipinski definition) is 1. The third-order valence-electron chi connectivity index (χ3n) is 2.98. The molecule has 0 aliphatic carbocycles. The Morgan fingerprint density at radius 2 is 1.72 bits per heavy atom. The zero-order chi connectivity index (χ0) is 13.5. The van der Waals surface area contributed by atoms with Crippen LogP contribution < -0.4 is 0 Å². The van der Waals surface area contributed by atoms with Crippen molar-refractivity contribution in [3.05, 3.63) is 34.4 Å². The average molecular weight is 277 g/mol. The predicted octanol–water partition coefficient (Wildman–Crippen LogP) is 5.01. The summed E-state index contributed by atoms with van der Waals surface area (Å²) in [6.45, 7) is 2.13. The minimum absolute atomic E-state index is 0.0787. The monoisotopic (exact) mass is 276 g/mol. The Morgan fingerprint density at radius 1 is 1.11 bits per heavy atom. The fraction of sp³-hybridized carbons (Fsp3) is 0.571. The van der Waals surface area contributed by atoms with E-state index in [0.29, 0.717) is 6.42 Å². The van der Waals surface area contributed by atoms with E-state index < -0.39 is 17.7 Å². The number of rotatable bonds is 7. The molecule has 0 fully saturated rings. The highest BCUT2D eigenvalue weighted by molar-refractivity contribution is 6.31. The third kappa shape index (κ3) is 4.54. The molecular formula is C14H19ClF2O. The smallest absolute Gasteiger partial charge is 0.160 e. The van der Waals surface area contributed by atoms with Gasteiger partial charge in [-0.1, -0.05) is 50.6 Å². The Bertz CT molecular complexity index is 382. The highest BCUT2D eigenvalue weighted by atomic mass is 35.5. The van der Waals surface area contributed by atoms with E-state index in [4.69, 9.17) is 11.6 Å². The van der Waals surface area contributed by atoms with E-state index in [1.807, 2.05) is 0 Å². The molecule has 1 aromatic carbocycles. The fourth-order valence-corrected chi connectivity index (χ4v) is 2.17. The molecule has 0 aromatic heterocycles. The standard InChI is InChI=1S/C14H19ClF2O/c1-2-3-4-5-6-7-14(18)10-8-12(16)13(17)9-11(10)15/h8-9,14,18H,2-7H2,1H3. The summed E-state index contributed by atoms with van der Waals surface area (Å²) in [5.41, 5.74) is 0.269. The van der Waals surface area contributed by atoms with E-state index in [1.165, 1.54) is 6.42 Å². The number of halogens is 3. The Labute approximate surface area is 112 Å².